The molecule has 0 spiro atoms. The molecule has 0 unspecified atom stereocenters. The van der Waals surface area contributed by atoms with Crippen molar-refractivity contribution in [2.24, 2.45) is 0 Å². The molecule has 10 heteroatoms. The number of benzene rings is 2. The Balaban J connectivity index is 1.39. The van der Waals surface area contributed by atoms with Crippen molar-refractivity contribution < 1.29 is 13.9 Å². The van der Waals surface area contributed by atoms with E-state index in [2.05, 4.69) is 15.4 Å². The van der Waals surface area contributed by atoms with Gasteiger partial charge < -0.3 is 10.1 Å². The largest absolute Gasteiger partial charge is 0.478 e. The number of carbonyl (C=O) groups excluding carboxylic acids is 1. The number of amides is 1. The van der Waals surface area contributed by atoms with Crippen molar-refractivity contribution in [3.05, 3.63) is 87.8 Å². The smallest absolute Gasteiger partial charge is 0.264 e. The average Bonchev–Trinajstić information content (AvgIpc) is 3.22. The van der Waals surface area contributed by atoms with Gasteiger partial charge in [0.2, 0.25) is 0 Å². The van der Waals surface area contributed by atoms with Crippen molar-refractivity contribution in [3.63, 3.8) is 0 Å². The van der Waals surface area contributed by atoms with Gasteiger partial charge in [0.25, 0.3) is 11.5 Å². The summed E-state index contributed by atoms with van der Waals surface area (Å²) >= 11 is 5.88. The second-order valence-corrected chi connectivity index (χ2v) is 8.67. The average molecular weight is 484 g/mol. The second-order valence-electron chi connectivity index (χ2n) is 8.23. The van der Waals surface area contributed by atoms with Crippen LogP contribution < -0.4 is 15.6 Å². The van der Waals surface area contributed by atoms with Gasteiger partial charge in [-0.3, -0.25) is 14.2 Å². The topological polar surface area (TPSA) is 91.0 Å². The number of nitrogens with one attached hydrogen (secondary N) is 1. The van der Waals surface area contributed by atoms with Crippen LogP contribution in [-0.2, 0) is 17.9 Å². The van der Waals surface area contributed by atoms with E-state index in [1.54, 1.807) is 54.9 Å². The molecule has 2 aromatic heterocycles. The number of aromatic nitrogens is 4. The lowest BCUT2D eigenvalue weighted by molar-refractivity contribution is -0.134. The summed E-state index contributed by atoms with van der Waals surface area (Å²) in [5.41, 5.74) is -0.150. The molecule has 0 saturated carbocycles. The standard InChI is InChI=1S/C24H23ClFN5O3/c1-24(2,34-19-9-5-17(25)6-10-19)23(33)27-11-12-31-21-20(13-29-31)22(32)30(15-28-21)14-16-3-7-18(26)8-4-16/h3-10,13,15H,11-12,14H2,1-2H3,(H,27,33). The van der Waals surface area contributed by atoms with Crippen LogP contribution in [0.1, 0.15) is 19.4 Å². The molecule has 34 heavy (non-hydrogen) atoms. The van der Waals surface area contributed by atoms with Crippen molar-refractivity contribution in [2.45, 2.75) is 32.5 Å². The normalized spacial score (nSPS) is 11.5. The van der Waals surface area contributed by atoms with Crippen LogP contribution in [0.25, 0.3) is 11.0 Å². The first-order valence-electron chi connectivity index (χ1n) is 10.6. The van der Waals surface area contributed by atoms with Crippen molar-refractivity contribution in [1.29, 1.82) is 0 Å². The highest BCUT2D eigenvalue weighted by atomic mass is 35.5. The monoisotopic (exact) mass is 483 g/mol. The van der Waals surface area contributed by atoms with Gasteiger partial charge in [-0.25, -0.2) is 14.1 Å². The molecule has 0 radical (unpaired) electrons. The summed E-state index contributed by atoms with van der Waals surface area (Å²) in [5.74, 6) is -0.102. The maximum atomic E-state index is 13.1. The predicted molar refractivity (Wildman–Crippen MR) is 126 cm³/mol. The fourth-order valence-electron chi connectivity index (χ4n) is 3.39. The zero-order chi connectivity index (χ0) is 24.3. The van der Waals surface area contributed by atoms with Crippen LogP contribution in [-0.4, -0.2) is 37.4 Å². The van der Waals surface area contributed by atoms with Crippen LogP contribution in [0, 0.1) is 5.82 Å². The molecule has 4 aromatic rings. The third kappa shape index (κ3) is 5.26. The quantitative estimate of drug-likeness (QED) is 0.415. The molecule has 0 aliphatic heterocycles. The molecule has 0 aliphatic carbocycles. The molecule has 1 N–H and O–H groups in total. The first kappa shape index (κ1) is 23.4. The Morgan fingerprint density at radius 3 is 2.56 bits per heavy atom. The second kappa shape index (κ2) is 9.64. The minimum absolute atomic E-state index is 0.248. The number of hydrogen-bond donors (Lipinski definition) is 1. The number of ether oxygens (including phenoxy) is 1. The fraction of sp³-hybridized carbons (Fsp3) is 0.250. The van der Waals surface area contributed by atoms with Crippen LogP contribution in [0.3, 0.4) is 0 Å². The Hall–Kier alpha value is -3.72. The molecule has 176 valence electrons. The number of rotatable bonds is 8. The summed E-state index contributed by atoms with van der Waals surface area (Å²) in [6.45, 7) is 4.20. The highest BCUT2D eigenvalue weighted by molar-refractivity contribution is 6.30. The fourth-order valence-corrected chi connectivity index (χ4v) is 3.52. The number of carbonyl (C=O) groups is 1. The number of nitrogens with zero attached hydrogens (tertiary/aromatic N) is 4. The zero-order valence-electron chi connectivity index (χ0n) is 18.7. The van der Waals surface area contributed by atoms with Gasteiger partial charge in [0.15, 0.2) is 11.2 Å². The van der Waals surface area contributed by atoms with E-state index < -0.39 is 5.60 Å². The molecule has 0 aliphatic rings. The lowest BCUT2D eigenvalue weighted by Gasteiger charge is -2.25. The molecular weight excluding hydrogens is 461 g/mol. The van der Waals surface area contributed by atoms with Crippen molar-refractivity contribution in [3.8, 4) is 5.75 Å². The van der Waals surface area contributed by atoms with E-state index in [9.17, 15) is 14.0 Å². The molecule has 0 saturated heterocycles. The van der Waals surface area contributed by atoms with Crippen molar-refractivity contribution >= 4 is 28.5 Å². The minimum atomic E-state index is -1.10. The summed E-state index contributed by atoms with van der Waals surface area (Å²) < 4.78 is 21.9. The summed E-state index contributed by atoms with van der Waals surface area (Å²) in [5, 5.41) is 8.02. The number of fused-ring (bicyclic) bond motifs is 1. The Bertz CT molecular complexity index is 1360. The van der Waals surface area contributed by atoms with E-state index in [0.717, 1.165) is 5.56 Å². The maximum Gasteiger partial charge on any atom is 0.264 e. The minimum Gasteiger partial charge on any atom is -0.478 e. The molecule has 0 atom stereocenters. The first-order chi connectivity index (χ1) is 16.2. The van der Waals surface area contributed by atoms with Gasteiger partial charge in [0, 0.05) is 11.6 Å². The van der Waals surface area contributed by atoms with E-state index in [4.69, 9.17) is 16.3 Å². The molecule has 8 nitrogen and oxygen atoms in total. The van der Waals surface area contributed by atoms with Crippen LogP contribution in [0.15, 0.2) is 65.8 Å². The first-order valence-corrected chi connectivity index (χ1v) is 11.0. The van der Waals surface area contributed by atoms with Gasteiger partial charge in [-0.2, -0.15) is 5.10 Å². The van der Waals surface area contributed by atoms with E-state index in [-0.39, 0.29) is 30.4 Å². The van der Waals surface area contributed by atoms with Gasteiger partial charge in [-0.05, 0) is 55.8 Å². The Labute approximate surface area is 199 Å². The Morgan fingerprint density at radius 2 is 1.85 bits per heavy atom. The van der Waals surface area contributed by atoms with Crippen molar-refractivity contribution in [2.75, 3.05) is 6.54 Å². The zero-order valence-corrected chi connectivity index (χ0v) is 19.4. The van der Waals surface area contributed by atoms with Gasteiger partial charge in [-0.1, -0.05) is 23.7 Å². The lowest BCUT2D eigenvalue weighted by Crippen LogP contribution is -2.47. The molecule has 1 amide bonds. The van der Waals surface area contributed by atoms with Crippen molar-refractivity contribution in [1.82, 2.24) is 24.6 Å². The van der Waals surface area contributed by atoms with Crippen LogP contribution >= 0.6 is 11.6 Å². The van der Waals surface area contributed by atoms with Crippen LogP contribution in [0.4, 0.5) is 4.39 Å². The van der Waals surface area contributed by atoms with E-state index in [0.29, 0.717) is 28.4 Å². The summed E-state index contributed by atoms with van der Waals surface area (Å²) in [6, 6.07) is 12.7. The van der Waals surface area contributed by atoms with Crippen LogP contribution in [0.2, 0.25) is 5.02 Å². The Morgan fingerprint density at radius 1 is 1.15 bits per heavy atom. The molecular formula is C24H23ClFN5O3. The molecule has 2 aromatic carbocycles. The van der Waals surface area contributed by atoms with E-state index >= 15 is 0 Å². The highest BCUT2D eigenvalue weighted by Crippen LogP contribution is 2.21. The van der Waals surface area contributed by atoms with E-state index in [1.165, 1.54) is 29.2 Å². The third-order valence-corrected chi connectivity index (χ3v) is 5.48. The summed E-state index contributed by atoms with van der Waals surface area (Å²) in [6.07, 6.45) is 2.90. The predicted octanol–water partition coefficient (Wildman–Crippen LogP) is 3.41. The molecule has 2 heterocycles. The molecule has 4 rings (SSSR count). The highest BCUT2D eigenvalue weighted by Gasteiger charge is 2.29. The molecule has 0 bridgehead atoms. The molecule has 0 fully saturated rings. The van der Waals surface area contributed by atoms with Gasteiger partial charge in [0.05, 0.1) is 19.3 Å². The van der Waals surface area contributed by atoms with Crippen LogP contribution in [0.5, 0.6) is 5.75 Å². The number of hydrogen-bond acceptors (Lipinski definition) is 5. The summed E-state index contributed by atoms with van der Waals surface area (Å²) in [7, 11) is 0. The van der Waals surface area contributed by atoms with Gasteiger partial charge in [-0.15, -0.1) is 0 Å². The summed E-state index contributed by atoms with van der Waals surface area (Å²) in [4.78, 5) is 29.8. The van der Waals surface area contributed by atoms with Gasteiger partial charge in [0.1, 0.15) is 23.3 Å². The number of halogens is 2. The lowest BCUT2D eigenvalue weighted by atomic mass is 10.1. The maximum absolute atomic E-state index is 13.1. The van der Waals surface area contributed by atoms with E-state index in [1.807, 2.05) is 0 Å². The Kier molecular flexibility index (Phi) is 6.65. The third-order valence-electron chi connectivity index (χ3n) is 5.23. The SMILES string of the molecule is CC(C)(Oc1ccc(Cl)cc1)C(=O)NCCn1ncc2c(=O)n(Cc3ccc(F)cc3)cnc21. The van der Waals surface area contributed by atoms with Gasteiger partial charge >= 0.3 is 0 Å².